The van der Waals surface area contributed by atoms with Gasteiger partial charge in [-0.05, 0) is 42.3 Å². The van der Waals surface area contributed by atoms with Crippen LogP contribution in [0, 0.1) is 0 Å². The fraction of sp³-hybridized carbons (Fsp3) is 0.188. The monoisotopic (exact) mass is 322 g/mol. The van der Waals surface area contributed by atoms with E-state index in [1.807, 2.05) is 24.3 Å². The predicted molar refractivity (Wildman–Crippen MR) is 86.8 cm³/mol. The normalized spacial score (nSPS) is 10.4. The van der Waals surface area contributed by atoms with Gasteiger partial charge in [-0.3, -0.25) is 4.79 Å². The number of rotatable bonds is 5. The number of nitrogens with two attached hydrogens (primary N) is 1. The summed E-state index contributed by atoms with van der Waals surface area (Å²) in [6, 6.07) is 12.8. The zero-order chi connectivity index (χ0) is 15.2. The van der Waals surface area contributed by atoms with Gasteiger partial charge < -0.3 is 11.1 Å². The maximum absolute atomic E-state index is 12.1. The third kappa shape index (κ3) is 4.46. The van der Waals surface area contributed by atoms with E-state index < -0.39 is 0 Å². The lowest BCUT2D eigenvalue weighted by molar-refractivity contribution is 0.0951. The Hall–Kier alpha value is -1.55. The van der Waals surface area contributed by atoms with Crippen molar-refractivity contribution < 1.29 is 4.79 Å². The smallest absolute Gasteiger partial charge is 0.253 e. The molecule has 0 saturated carbocycles. The van der Waals surface area contributed by atoms with Crippen molar-refractivity contribution in [3.05, 3.63) is 69.2 Å². The van der Waals surface area contributed by atoms with E-state index in [1.165, 1.54) is 5.56 Å². The first-order valence-electron chi connectivity index (χ1n) is 6.61. The Morgan fingerprint density at radius 3 is 2.33 bits per heavy atom. The Bertz CT molecular complexity index is 627. The number of hydrogen-bond donors (Lipinski definition) is 2. The van der Waals surface area contributed by atoms with E-state index in [9.17, 15) is 4.79 Å². The van der Waals surface area contributed by atoms with Crippen molar-refractivity contribution in [2.75, 3.05) is 6.54 Å². The number of amides is 1. The summed E-state index contributed by atoms with van der Waals surface area (Å²) in [7, 11) is 0. The summed E-state index contributed by atoms with van der Waals surface area (Å²) in [5.74, 6) is -0.220. The zero-order valence-electron chi connectivity index (χ0n) is 11.4. The van der Waals surface area contributed by atoms with Gasteiger partial charge in [0, 0.05) is 11.6 Å². The molecule has 2 aromatic rings. The molecule has 0 heterocycles. The molecule has 21 heavy (non-hydrogen) atoms. The van der Waals surface area contributed by atoms with Gasteiger partial charge in [0.15, 0.2) is 0 Å². The van der Waals surface area contributed by atoms with Gasteiger partial charge in [0.05, 0.1) is 10.6 Å². The lowest BCUT2D eigenvalue weighted by Crippen LogP contribution is -2.23. The first kappa shape index (κ1) is 15.8. The van der Waals surface area contributed by atoms with Crippen molar-refractivity contribution in [2.24, 2.45) is 5.73 Å². The van der Waals surface area contributed by atoms with Crippen LogP contribution >= 0.6 is 23.2 Å². The Kier molecular flexibility index (Phi) is 5.62. The molecule has 0 saturated heterocycles. The van der Waals surface area contributed by atoms with E-state index in [0.717, 1.165) is 12.0 Å². The highest BCUT2D eigenvalue weighted by atomic mass is 35.5. The molecular weight excluding hydrogens is 307 g/mol. The van der Waals surface area contributed by atoms with Gasteiger partial charge in [-0.15, -0.1) is 0 Å². The van der Waals surface area contributed by atoms with Crippen LogP contribution in [-0.2, 0) is 13.0 Å². The van der Waals surface area contributed by atoms with E-state index in [0.29, 0.717) is 28.7 Å². The molecule has 0 aromatic heterocycles. The van der Waals surface area contributed by atoms with E-state index in [2.05, 4.69) is 5.32 Å². The minimum Gasteiger partial charge on any atom is -0.348 e. The topological polar surface area (TPSA) is 55.1 Å². The highest BCUT2D eigenvalue weighted by molar-refractivity contribution is 6.36. The fourth-order valence-electron chi connectivity index (χ4n) is 1.94. The number of carbonyl (C=O) groups excluding carboxylic acids is 1. The Balaban J connectivity index is 1.97. The van der Waals surface area contributed by atoms with Gasteiger partial charge in [-0.25, -0.2) is 0 Å². The molecule has 0 spiro atoms. The average Bonchev–Trinajstić information content (AvgIpc) is 2.46. The predicted octanol–water partition coefficient (Wildman–Crippen LogP) is 3.42. The summed E-state index contributed by atoms with van der Waals surface area (Å²) in [6.45, 7) is 1.08. The van der Waals surface area contributed by atoms with Crippen LogP contribution in [0.5, 0.6) is 0 Å². The second-order valence-corrected chi connectivity index (χ2v) is 5.51. The maximum atomic E-state index is 12.1. The van der Waals surface area contributed by atoms with Gasteiger partial charge in [0.2, 0.25) is 0 Å². The second-order valence-electron chi connectivity index (χ2n) is 4.66. The van der Waals surface area contributed by atoms with E-state index >= 15 is 0 Å². The minimum absolute atomic E-state index is 0.220. The highest BCUT2D eigenvalue weighted by Gasteiger charge is 2.10. The van der Waals surface area contributed by atoms with Crippen molar-refractivity contribution >= 4 is 29.1 Å². The molecule has 1 amide bonds. The number of hydrogen-bond acceptors (Lipinski definition) is 2. The molecule has 0 fully saturated rings. The van der Waals surface area contributed by atoms with E-state index in [1.54, 1.807) is 18.2 Å². The zero-order valence-corrected chi connectivity index (χ0v) is 12.9. The first-order valence-corrected chi connectivity index (χ1v) is 7.37. The molecule has 2 aromatic carbocycles. The Morgan fingerprint density at radius 1 is 1.05 bits per heavy atom. The van der Waals surface area contributed by atoms with Crippen LogP contribution in [0.25, 0.3) is 0 Å². The Labute approximate surface area is 134 Å². The lowest BCUT2D eigenvalue weighted by Gasteiger charge is -2.08. The second kappa shape index (κ2) is 7.46. The molecule has 3 nitrogen and oxygen atoms in total. The van der Waals surface area contributed by atoms with Crippen LogP contribution in [0.1, 0.15) is 21.5 Å². The fourth-order valence-corrected chi connectivity index (χ4v) is 2.44. The highest BCUT2D eigenvalue weighted by Crippen LogP contribution is 2.20. The van der Waals surface area contributed by atoms with E-state index in [-0.39, 0.29) is 5.91 Å². The number of nitrogens with one attached hydrogen (secondary N) is 1. The molecule has 2 rings (SSSR count). The number of halogens is 2. The van der Waals surface area contributed by atoms with Gasteiger partial charge in [0.1, 0.15) is 0 Å². The quantitative estimate of drug-likeness (QED) is 0.886. The number of carbonyl (C=O) groups is 1. The summed E-state index contributed by atoms with van der Waals surface area (Å²) in [5, 5.41) is 3.69. The van der Waals surface area contributed by atoms with E-state index in [4.69, 9.17) is 28.9 Å². The summed E-state index contributed by atoms with van der Waals surface area (Å²) in [4.78, 5) is 12.1. The lowest BCUT2D eigenvalue weighted by atomic mass is 10.1. The molecule has 0 unspecified atom stereocenters. The average molecular weight is 323 g/mol. The molecule has 3 N–H and O–H groups in total. The van der Waals surface area contributed by atoms with Gasteiger partial charge in [-0.2, -0.15) is 0 Å². The van der Waals surface area contributed by atoms with Crippen LogP contribution < -0.4 is 11.1 Å². The summed E-state index contributed by atoms with van der Waals surface area (Å²) < 4.78 is 0. The third-order valence-corrected chi connectivity index (χ3v) is 3.63. The van der Waals surface area contributed by atoms with Crippen molar-refractivity contribution in [1.82, 2.24) is 5.32 Å². The molecule has 0 aliphatic heterocycles. The number of benzene rings is 2. The first-order chi connectivity index (χ1) is 10.1. The summed E-state index contributed by atoms with van der Waals surface area (Å²) in [5.41, 5.74) is 8.14. The van der Waals surface area contributed by atoms with Gasteiger partial charge >= 0.3 is 0 Å². The molecule has 5 heteroatoms. The third-order valence-electron chi connectivity index (χ3n) is 3.08. The molecule has 110 valence electrons. The largest absolute Gasteiger partial charge is 0.348 e. The van der Waals surface area contributed by atoms with Crippen LogP contribution in [0.3, 0.4) is 0 Å². The standard InChI is InChI=1S/C16H16Cl2N2O/c17-13-5-6-14(15(18)9-13)16(21)20-10-12-3-1-11(2-4-12)7-8-19/h1-6,9H,7-8,10,19H2,(H,20,21). The minimum atomic E-state index is -0.220. The Morgan fingerprint density at radius 2 is 1.71 bits per heavy atom. The van der Waals surface area contributed by atoms with Crippen molar-refractivity contribution in [3.63, 3.8) is 0 Å². The van der Waals surface area contributed by atoms with Crippen molar-refractivity contribution in [1.29, 1.82) is 0 Å². The summed E-state index contributed by atoms with van der Waals surface area (Å²) in [6.07, 6.45) is 0.854. The van der Waals surface area contributed by atoms with Crippen LogP contribution in [0.15, 0.2) is 42.5 Å². The molecule has 0 bridgehead atoms. The molecular formula is C16H16Cl2N2O. The molecule has 0 atom stereocenters. The van der Waals surface area contributed by atoms with Gasteiger partial charge in [0.25, 0.3) is 5.91 Å². The van der Waals surface area contributed by atoms with Crippen LogP contribution in [0.2, 0.25) is 10.0 Å². The van der Waals surface area contributed by atoms with Crippen molar-refractivity contribution in [2.45, 2.75) is 13.0 Å². The maximum Gasteiger partial charge on any atom is 0.253 e. The molecule has 0 aliphatic rings. The SMILES string of the molecule is NCCc1ccc(CNC(=O)c2ccc(Cl)cc2Cl)cc1. The van der Waals surface area contributed by atoms with Crippen LogP contribution in [-0.4, -0.2) is 12.5 Å². The molecule has 0 aliphatic carbocycles. The summed E-state index contributed by atoms with van der Waals surface area (Å²) >= 11 is 11.8. The molecule has 0 radical (unpaired) electrons. The van der Waals surface area contributed by atoms with Gasteiger partial charge in [-0.1, -0.05) is 47.5 Å². The van der Waals surface area contributed by atoms with Crippen molar-refractivity contribution in [3.8, 4) is 0 Å². The van der Waals surface area contributed by atoms with Crippen LogP contribution in [0.4, 0.5) is 0 Å².